The van der Waals surface area contributed by atoms with Crippen molar-refractivity contribution in [3.05, 3.63) is 23.8 Å². The number of rotatable bonds is 8. The van der Waals surface area contributed by atoms with Crippen LogP contribution in [0, 0.1) is 0 Å². The van der Waals surface area contributed by atoms with Gasteiger partial charge in [-0.3, -0.25) is 4.79 Å². The van der Waals surface area contributed by atoms with Gasteiger partial charge >= 0.3 is 12.6 Å². The number of ether oxygens (including phenoxy) is 2. The molecule has 21 heavy (non-hydrogen) atoms. The Balaban J connectivity index is 3.15. The standard InChI is InChI=1S/C14H19F2NO4/c1-3-10(17)9(7-13(18)19)8-4-5-11(20-2)12(6-8)21-14(15)16/h4-6,9-10,14H,3,7,17H2,1-2H3,(H,18,19). The first kappa shape index (κ1) is 17.2. The van der Waals surface area contributed by atoms with Crippen molar-refractivity contribution in [1.82, 2.24) is 0 Å². The van der Waals surface area contributed by atoms with Gasteiger partial charge in [0.2, 0.25) is 0 Å². The number of hydrogen-bond acceptors (Lipinski definition) is 4. The van der Waals surface area contributed by atoms with Gasteiger partial charge in [-0.1, -0.05) is 13.0 Å². The molecular weight excluding hydrogens is 284 g/mol. The number of hydrogen-bond donors (Lipinski definition) is 2. The number of alkyl halides is 2. The van der Waals surface area contributed by atoms with Crippen LogP contribution < -0.4 is 15.2 Å². The molecule has 0 aliphatic carbocycles. The van der Waals surface area contributed by atoms with Crippen LogP contribution in [0.3, 0.4) is 0 Å². The molecule has 0 aromatic heterocycles. The molecule has 2 unspecified atom stereocenters. The number of halogens is 2. The summed E-state index contributed by atoms with van der Waals surface area (Å²) >= 11 is 0. The summed E-state index contributed by atoms with van der Waals surface area (Å²) in [4.78, 5) is 11.0. The van der Waals surface area contributed by atoms with E-state index in [9.17, 15) is 13.6 Å². The first-order valence-electron chi connectivity index (χ1n) is 6.49. The molecule has 0 aliphatic heterocycles. The summed E-state index contributed by atoms with van der Waals surface area (Å²) in [5.41, 5.74) is 6.47. The minimum Gasteiger partial charge on any atom is -0.493 e. The first-order valence-corrected chi connectivity index (χ1v) is 6.49. The highest BCUT2D eigenvalue weighted by Crippen LogP contribution is 2.34. The third-order valence-electron chi connectivity index (χ3n) is 3.21. The van der Waals surface area contributed by atoms with Gasteiger partial charge in [-0.15, -0.1) is 0 Å². The summed E-state index contributed by atoms with van der Waals surface area (Å²) in [7, 11) is 1.33. The highest BCUT2D eigenvalue weighted by Gasteiger charge is 2.23. The Morgan fingerprint density at radius 2 is 2.05 bits per heavy atom. The summed E-state index contributed by atoms with van der Waals surface area (Å²) in [6.07, 6.45) is 0.379. The minimum absolute atomic E-state index is 0.135. The van der Waals surface area contributed by atoms with Crippen LogP contribution in [-0.2, 0) is 4.79 Å². The summed E-state index contributed by atoms with van der Waals surface area (Å²) < 4.78 is 34.2. The number of nitrogens with two attached hydrogens (primary N) is 1. The van der Waals surface area contributed by atoms with E-state index in [4.69, 9.17) is 15.6 Å². The van der Waals surface area contributed by atoms with E-state index in [-0.39, 0.29) is 17.9 Å². The van der Waals surface area contributed by atoms with Crippen LogP contribution in [0.2, 0.25) is 0 Å². The highest BCUT2D eigenvalue weighted by molar-refractivity contribution is 5.68. The van der Waals surface area contributed by atoms with Crippen molar-refractivity contribution in [2.45, 2.75) is 38.3 Å². The number of carboxylic acids is 1. The van der Waals surface area contributed by atoms with E-state index in [0.717, 1.165) is 0 Å². The lowest BCUT2D eigenvalue weighted by Crippen LogP contribution is -2.29. The molecule has 0 fully saturated rings. The van der Waals surface area contributed by atoms with Crippen LogP contribution in [0.15, 0.2) is 18.2 Å². The summed E-state index contributed by atoms with van der Waals surface area (Å²) in [6.45, 7) is -1.16. The fraction of sp³-hybridized carbons (Fsp3) is 0.500. The maximum absolute atomic E-state index is 12.4. The molecule has 0 spiro atoms. The molecule has 3 N–H and O–H groups in total. The van der Waals surface area contributed by atoms with Gasteiger partial charge in [-0.25, -0.2) is 0 Å². The van der Waals surface area contributed by atoms with Crippen LogP contribution in [0.5, 0.6) is 11.5 Å². The highest BCUT2D eigenvalue weighted by atomic mass is 19.3. The number of carbonyl (C=O) groups is 1. The van der Waals surface area contributed by atoms with E-state index < -0.39 is 24.5 Å². The molecule has 7 heteroatoms. The molecule has 0 bridgehead atoms. The normalized spacial score (nSPS) is 13.8. The van der Waals surface area contributed by atoms with Gasteiger partial charge in [-0.05, 0) is 24.1 Å². The van der Waals surface area contributed by atoms with Crippen LogP contribution in [-0.4, -0.2) is 30.8 Å². The summed E-state index contributed by atoms with van der Waals surface area (Å²) in [5, 5.41) is 8.97. The van der Waals surface area contributed by atoms with Crippen molar-refractivity contribution < 1.29 is 28.2 Å². The van der Waals surface area contributed by atoms with E-state index in [0.29, 0.717) is 12.0 Å². The molecule has 0 aliphatic rings. The second kappa shape index (κ2) is 7.78. The molecule has 5 nitrogen and oxygen atoms in total. The zero-order valence-electron chi connectivity index (χ0n) is 11.9. The molecule has 118 valence electrons. The van der Waals surface area contributed by atoms with Gasteiger partial charge in [0.25, 0.3) is 0 Å². The van der Waals surface area contributed by atoms with Gasteiger partial charge in [0.05, 0.1) is 13.5 Å². The van der Waals surface area contributed by atoms with Gasteiger partial charge in [-0.2, -0.15) is 8.78 Å². The lowest BCUT2D eigenvalue weighted by atomic mass is 9.87. The zero-order valence-corrected chi connectivity index (χ0v) is 11.9. The Hall–Kier alpha value is -1.89. The van der Waals surface area contributed by atoms with Crippen molar-refractivity contribution in [2.24, 2.45) is 5.73 Å². The van der Waals surface area contributed by atoms with Gasteiger partial charge in [0.1, 0.15) is 0 Å². The third-order valence-corrected chi connectivity index (χ3v) is 3.21. The van der Waals surface area contributed by atoms with Crippen molar-refractivity contribution in [3.8, 4) is 11.5 Å². The molecule has 0 amide bonds. The SMILES string of the molecule is CCC(N)C(CC(=O)O)c1ccc(OC)c(OC(F)F)c1. The lowest BCUT2D eigenvalue weighted by molar-refractivity contribution is -0.137. The van der Waals surface area contributed by atoms with E-state index in [2.05, 4.69) is 4.74 Å². The second-order valence-electron chi connectivity index (χ2n) is 4.57. The van der Waals surface area contributed by atoms with Gasteiger partial charge in [0, 0.05) is 12.0 Å². The number of benzene rings is 1. The van der Waals surface area contributed by atoms with Gasteiger partial charge in [0.15, 0.2) is 11.5 Å². The largest absolute Gasteiger partial charge is 0.493 e. The van der Waals surface area contributed by atoms with E-state index in [1.807, 2.05) is 6.92 Å². The fourth-order valence-electron chi connectivity index (χ4n) is 2.10. The molecule has 1 rings (SSSR count). The smallest absolute Gasteiger partial charge is 0.387 e. The molecule has 1 aromatic rings. The Morgan fingerprint density at radius 1 is 1.38 bits per heavy atom. The topological polar surface area (TPSA) is 81.8 Å². The quantitative estimate of drug-likeness (QED) is 0.771. The summed E-state index contributed by atoms with van der Waals surface area (Å²) in [6, 6.07) is 4.03. The molecule has 2 atom stereocenters. The van der Waals surface area contributed by atoms with Crippen LogP contribution in [0.4, 0.5) is 8.78 Å². The number of methoxy groups -OCH3 is 1. The van der Waals surface area contributed by atoms with E-state index >= 15 is 0 Å². The second-order valence-corrected chi connectivity index (χ2v) is 4.57. The van der Waals surface area contributed by atoms with Crippen LogP contribution in [0.25, 0.3) is 0 Å². The number of aliphatic carboxylic acids is 1. The molecular formula is C14H19F2NO4. The Bertz CT molecular complexity index is 482. The predicted molar refractivity (Wildman–Crippen MR) is 72.9 cm³/mol. The Kier molecular flexibility index (Phi) is 6.36. The van der Waals surface area contributed by atoms with Crippen LogP contribution in [0.1, 0.15) is 31.2 Å². The molecule has 0 radical (unpaired) electrons. The molecule has 0 heterocycles. The lowest BCUT2D eigenvalue weighted by Gasteiger charge is -2.23. The zero-order chi connectivity index (χ0) is 16.0. The number of carboxylic acid groups (broad SMARTS) is 1. The van der Waals surface area contributed by atoms with E-state index in [1.54, 1.807) is 6.07 Å². The van der Waals surface area contributed by atoms with Crippen LogP contribution >= 0.6 is 0 Å². The fourth-order valence-corrected chi connectivity index (χ4v) is 2.10. The predicted octanol–water partition coefficient (Wildman–Crippen LogP) is 2.59. The molecule has 0 saturated heterocycles. The maximum atomic E-state index is 12.4. The van der Waals surface area contributed by atoms with Gasteiger partial charge < -0.3 is 20.3 Å². The van der Waals surface area contributed by atoms with Crippen molar-refractivity contribution in [2.75, 3.05) is 7.11 Å². The average molecular weight is 303 g/mol. The van der Waals surface area contributed by atoms with Crippen molar-refractivity contribution >= 4 is 5.97 Å². The Labute approximate surface area is 121 Å². The third kappa shape index (κ3) is 4.86. The average Bonchev–Trinajstić information content (AvgIpc) is 2.43. The first-order chi connectivity index (χ1) is 9.88. The Morgan fingerprint density at radius 3 is 2.52 bits per heavy atom. The van der Waals surface area contributed by atoms with Crippen molar-refractivity contribution in [1.29, 1.82) is 0 Å². The van der Waals surface area contributed by atoms with E-state index in [1.165, 1.54) is 19.2 Å². The molecule has 0 saturated carbocycles. The minimum atomic E-state index is -2.99. The molecule has 1 aromatic carbocycles. The summed E-state index contributed by atoms with van der Waals surface area (Å²) in [5.74, 6) is -1.48. The monoisotopic (exact) mass is 303 g/mol. The maximum Gasteiger partial charge on any atom is 0.387 e. The van der Waals surface area contributed by atoms with Crippen molar-refractivity contribution in [3.63, 3.8) is 0 Å².